The Morgan fingerprint density at radius 1 is 1.21 bits per heavy atom. The zero-order chi connectivity index (χ0) is 13.8. The molecule has 0 saturated carbocycles. The van der Waals surface area contributed by atoms with E-state index in [0.717, 1.165) is 10.0 Å². The quantitative estimate of drug-likeness (QED) is 0.680. The van der Waals surface area contributed by atoms with Gasteiger partial charge in [0.25, 0.3) is 5.69 Å². The molecule has 19 heavy (non-hydrogen) atoms. The second-order valence-corrected chi connectivity index (χ2v) is 4.76. The zero-order valence-electron chi connectivity index (χ0n) is 9.77. The molecule has 0 aliphatic heterocycles. The van der Waals surface area contributed by atoms with E-state index in [1.807, 2.05) is 0 Å². The first-order valence-corrected chi connectivity index (χ1v) is 6.28. The number of halogens is 2. The molecule has 0 fully saturated rings. The lowest BCUT2D eigenvalue weighted by atomic mass is 10.2. The predicted molar refractivity (Wildman–Crippen MR) is 74.5 cm³/mol. The van der Waals surface area contributed by atoms with Gasteiger partial charge in [-0.15, -0.1) is 0 Å². The van der Waals surface area contributed by atoms with Crippen molar-refractivity contribution in [1.29, 1.82) is 0 Å². The number of nitro benzene ring substituents is 1. The molecule has 0 atom stereocenters. The predicted octanol–water partition coefficient (Wildman–Crippen LogP) is 4.11. The summed E-state index contributed by atoms with van der Waals surface area (Å²) in [6.07, 6.45) is 0. The van der Waals surface area contributed by atoms with Crippen molar-refractivity contribution in [2.45, 2.75) is 6.54 Å². The van der Waals surface area contributed by atoms with E-state index in [2.05, 4.69) is 21.2 Å². The maximum absolute atomic E-state index is 13.1. The van der Waals surface area contributed by atoms with Crippen molar-refractivity contribution >= 4 is 27.3 Å². The number of anilines is 1. The molecule has 1 N–H and O–H groups in total. The molecule has 0 aliphatic carbocycles. The van der Waals surface area contributed by atoms with Crippen molar-refractivity contribution in [3.63, 3.8) is 0 Å². The summed E-state index contributed by atoms with van der Waals surface area (Å²) in [6.45, 7) is 0.458. The fraction of sp³-hybridized carbons (Fsp3) is 0.0769. The van der Waals surface area contributed by atoms with Crippen LogP contribution in [0.25, 0.3) is 0 Å². The molecule has 2 aromatic rings. The largest absolute Gasteiger partial charge is 0.380 e. The Bertz CT molecular complexity index is 602. The second-order valence-electron chi connectivity index (χ2n) is 3.90. The van der Waals surface area contributed by atoms with Crippen LogP contribution in [0.15, 0.2) is 46.9 Å². The van der Waals surface area contributed by atoms with Gasteiger partial charge in [-0.05, 0) is 39.7 Å². The molecule has 0 radical (unpaired) electrons. The van der Waals surface area contributed by atoms with Crippen LogP contribution in [-0.2, 0) is 6.54 Å². The molecule has 2 rings (SSSR count). The van der Waals surface area contributed by atoms with Crippen molar-refractivity contribution in [3.8, 4) is 0 Å². The van der Waals surface area contributed by atoms with Crippen LogP contribution in [0.4, 0.5) is 15.8 Å². The van der Waals surface area contributed by atoms with E-state index in [1.165, 1.54) is 24.3 Å². The summed E-state index contributed by atoms with van der Waals surface area (Å²) in [6, 6.07) is 10.6. The van der Waals surface area contributed by atoms with Gasteiger partial charge in [0, 0.05) is 23.2 Å². The van der Waals surface area contributed by atoms with E-state index < -0.39 is 4.92 Å². The normalized spacial score (nSPS) is 10.2. The zero-order valence-corrected chi connectivity index (χ0v) is 11.4. The lowest BCUT2D eigenvalue weighted by Gasteiger charge is -2.08. The van der Waals surface area contributed by atoms with Crippen molar-refractivity contribution in [2.24, 2.45) is 0 Å². The van der Waals surface area contributed by atoms with E-state index in [0.29, 0.717) is 12.2 Å². The highest BCUT2D eigenvalue weighted by molar-refractivity contribution is 9.10. The van der Waals surface area contributed by atoms with E-state index in [4.69, 9.17) is 0 Å². The first-order valence-electron chi connectivity index (χ1n) is 5.48. The van der Waals surface area contributed by atoms with Gasteiger partial charge in [0.2, 0.25) is 0 Å². The summed E-state index contributed by atoms with van der Waals surface area (Å²) in [5, 5.41) is 13.6. The van der Waals surface area contributed by atoms with Crippen LogP contribution < -0.4 is 5.32 Å². The number of nitro groups is 1. The minimum Gasteiger partial charge on any atom is -0.380 e. The Morgan fingerprint density at radius 2 is 1.89 bits per heavy atom. The maximum Gasteiger partial charge on any atom is 0.269 e. The molecule has 0 aromatic heterocycles. The highest BCUT2D eigenvalue weighted by Gasteiger charge is 2.05. The molecule has 2 aromatic carbocycles. The number of hydrogen-bond donors (Lipinski definition) is 1. The average Bonchev–Trinajstić information content (AvgIpc) is 2.40. The fourth-order valence-electron chi connectivity index (χ4n) is 1.57. The number of non-ortho nitro benzene ring substituents is 1. The number of nitrogens with zero attached hydrogens (tertiary/aromatic N) is 1. The van der Waals surface area contributed by atoms with E-state index in [-0.39, 0.29) is 11.5 Å². The highest BCUT2D eigenvalue weighted by Crippen LogP contribution is 2.23. The molecular formula is C13H10BrFN2O2. The average molecular weight is 325 g/mol. The molecule has 0 bridgehead atoms. The van der Waals surface area contributed by atoms with Gasteiger partial charge in [-0.25, -0.2) is 4.39 Å². The first-order chi connectivity index (χ1) is 9.06. The molecule has 4 nitrogen and oxygen atoms in total. The number of rotatable bonds is 4. The van der Waals surface area contributed by atoms with Gasteiger partial charge in [0.05, 0.1) is 10.6 Å². The summed E-state index contributed by atoms with van der Waals surface area (Å²) >= 11 is 3.32. The molecule has 6 heteroatoms. The third-order valence-electron chi connectivity index (χ3n) is 2.56. The monoisotopic (exact) mass is 324 g/mol. The lowest BCUT2D eigenvalue weighted by molar-refractivity contribution is -0.384. The molecule has 0 spiro atoms. The fourth-order valence-corrected chi connectivity index (χ4v) is 1.95. The molecule has 0 aliphatic rings. The number of hydrogen-bond acceptors (Lipinski definition) is 3. The summed E-state index contributed by atoms with van der Waals surface area (Å²) in [5.41, 5.74) is 1.57. The molecule has 0 unspecified atom stereocenters. The van der Waals surface area contributed by atoms with Gasteiger partial charge >= 0.3 is 0 Å². The molecule has 0 amide bonds. The van der Waals surface area contributed by atoms with Gasteiger partial charge < -0.3 is 5.32 Å². The lowest BCUT2D eigenvalue weighted by Crippen LogP contribution is -2.00. The van der Waals surface area contributed by atoms with Gasteiger partial charge in [0.1, 0.15) is 5.82 Å². The van der Waals surface area contributed by atoms with Gasteiger partial charge in [-0.2, -0.15) is 0 Å². The summed E-state index contributed by atoms with van der Waals surface area (Å²) in [7, 11) is 0. The maximum atomic E-state index is 13.1. The highest BCUT2D eigenvalue weighted by atomic mass is 79.9. The van der Waals surface area contributed by atoms with E-state index >= 15 is 0 Å². The molecule has 0 heterocycles. The Balaban J connectivity index is 2.06. The molecule has 98 valence electrons. The number of benzene rings is 2. The SMILES string of the molecule is O=[N+]([O-])c1ccc(CNc2cc(F)ccc2Br)cc1. The van der Waals surface area contributed by atoms with Crippen LogP contribution in [0, 0.1) is 15.9 Å². The van der Waals surface area contributed by atoms with Gasteiger partial charge in [-0.1, -0.05) is 12.1 Å². The van der Waals surface area contributed by atoms with E-state index in [9.17, 15) is 14.5 Å². The van der Waals surface area contributed by atoms with Crippen molar-refractivity contribution in [2.75, 3.05) is 5.32 Å². The Hall–Kier alpha value is -1.95. The molecule has 0 saturated heterocycles. The first kappa shape index (κ1) is 13.5. The Kier molecular flexibility index (Phi) is 4.11. The Labute approximate surface area is 117 Å². The minimum atomic E-state index is -0.444. The van der Waals surface area contributed by atoms with Crippen LogP contribution in [-0.4, -0.2) is 4.92 Å². The van der Waals surface area contributed by atoms with Gasteiger partial charge in [-0.3, -0.25) is 10.1 Å². The van der Waals surface area contributed by atoms with Crippen LogP contribution in [0.3, 0.4) is 0 Å². The second kappa shape index (κ2) is 5.79. The summed E-state index contributed by atoms with van der Waals surface area (Å²) in [5.74, 6) is -0.325. The van der Waals surface area contributed by atoms with Crippen molar-refractivity contribution in [3.05, 3.63) is 68.4 Å². The van der Waals surface area contributed by atoms with Crippen LogP contribution >= 0.6 is 15.9 Å². The van der Waals surface area contributed by atoms with E-state index in [1.54, 1.807) is 18.2 Å². The van der Waals surface area contributed by atoms with Crippen molar-refractivity contribution < 1.29 is 9.31 Å². The topological polar surface area (TPSA) is 55.2 Å². The Morgan fingerprint density at radius 3 is 2.53 bits per heavy atom. The smallest absolute Gasteiger partial charge is 0.269 e. The third kappa shape index (κ3) is 3.51. The number of nitrogens with one attached hydrogen (secondary N) is 1. The van der Waals surface area contributed by atoms with Crippen LogP contribution in [0.5, 0.6) is 0 Å². The van der Waals surface area contributed by atoms with Crippen LogP contribution in [0.1, 0.15) is 5.56 Å². The summed E-state index contributed by atoms with van der Waals surface area (Å²) < 4.78 is 13.8. The third-order valence-corrected chi connectivity index (χ3v) is 3.25. The van der Waals surface area contributed by atoms with Crippen LogP contribution in [0.2, 0.25) is 0 Å². The van der Waals surface area contributed by atoms with Gasteiger partial charge in [0.15, 0.2) is 0 Å². The summed E-state index contributed by atoms with van der Waals surface area (Å²) in [4.78, 5) is 10.1. The molecular weight excluding hydrogens is 315 g/mol. The minimum absolute atomic E-state index is 0.0516. The van der Waals surface area contributed by atoms with Crippen molar-refractivity contribution in [1.82, 2.24) is 0 Å². The standard InChI is InChI=1S/C13H10BrFN2O2/c14-12-6-3-10(15)7-13(12)16-8-9-1-4-11(5-2-9)17(18)19/h1-7,16H,8H2.